The van der Waals surface area contributed by atoms with Gasteiger partial charge in [0.1, 0.15) is 0 Å². The number of hydrogen-bond donors (Lipinski definition) is 0. The summed E-state index contributed by atoms with van der Waals surface area (Å²) in [6.45, 7) is 11.4. The quantitative estimate of drug-likeness (QED) is 0.412. The van der Waals surface area contributed by atoms with Gasteiger partial charge in [0.2, 0.25) is 0 Å². The molecule has 1 heteroatoms. The average Bonchev–Trinajstić information content (AvgIpc) is 2.18. The zero-order chi connectivity index (χ0) is 10.5. The Bertz CT molecular complexity index is 58.0. The minimum atomic E-state index is -0.171. The molecule has 0 unspecified atom stereocenters. The first-order chi connectivity index (χ1) is 6.26. The Kier molecular flexibility index (Phi) is 18.5. The van der Waals surface area contributed by atoms with E-state index in [0.717, 1.165) is 0 Å². The lowest BCUT2D eigenvalue weighted by Crippen LogP contribution is -2.04. The molecule has 0 aliphatic rings. The summed E-state index contributed by atoms with van der Waals surface area (Å²) < 4.78 is 0. The molecule has 0 spiro atoms. The topological polar surface area (TPSA) is 0 Å². The summed E-state index contributed by atoms with van der Waals surface area (Å²) in [4.78, 5) is 0. The van der Waals surface area contributed by atoms with Crippen LogP contribution in [0.3, 0.4) is 0 Å². The SMILES string of the molecule is CCCCCC.C[CH2][Al]([CH2]C)[CH2]C. The molecule has 0 aromatic heterocycles. The van der Waals surface area contributed by atoms with Crippen LogP contribution in [0.25, 0.3) is 0 Å². The molecular weight excluding hydrogens is 171 g/mol. The zero-order valence-electron chi connectivity index (χ0n) is 10.5. The highest BCUT2D eigenvalue weighted by atomic mass is 27.2. The molecule has 0 atom stereocenters. The van der Waals surface area contributed by atoms with Crippen molar-refractivity contribution in [2.75, 3.05) is 0 Å². The van der Waals surface area contributed by atoms with Crippen LogP contribution in [-0.4, -0.2) is 14.1 Å². The fraction of sp³-hybridized carbons (Fsp3) is 1.00. The van der Waals surface area contributed by atoms with Gasteiger partial charge in [-0.3, -0.25) is 0 Å². The van der Waals surface area contributed by atoms with E-state index in [1.807, 2.05) is 0 Å². The second-order valence-electron chi connectivity index (χ2n) is 3.80. The maximum Gasteiger partial charge on any atom is 0.261 e. The highest BCUT2D eigenvalue weighted by Gasteiger charge is 2.05. The Morgan fingerprint density at radius 1 is 0.615 bits per heavy atom. The lowest BCUT2D eigenvalue weighted by atomic mass is 10.2. The van der Waals surface area contributed by atoms with Crippen molar-refractivity contribution in [3.63, 3.8) is 0 Å². The molecule has 0 rings (SSSR count). The largest absolute Gasteiger partial charge is 0.261 e. The van der Waals surface area contributed by atoms with E-state index in [-0.39, 0.29) is 14.1 Å². The van der Waals surface area contributed by atoms with Gasteiger partial charge in [0, 0.05) is 0 Å². The molecule has 0 fully saturated rings. The first kappa shape index (κ1) is 16.0. The van der Waals surface area contributed by atoms with Gasteiger partial charge in [0.25, 0.3) is 14.1 Å². The third-order valence-corrected chi connectivity index (χ3v) is 6.15. The van der Waals surface area contributed by atoms with Gasteiger partial charge >= 0.3 is 0 Å². The van der Waals surface area contributed by atoms with Crippen LogP contribution in [0.1, 0.15) is 60.3 Å². The zero-order valence-corrected chi connectivity index (χ0v) is 11.7. The van der Waals surface area contributed by atoms with E-state index in [0.29, 0.717) is 0 Å². The second-order valence-corrected chi connectivity index (χ2v) is 7.98. The Morgan fingerprint density at radius 3 is 1.00 bits per heavy atom. The smallest absolute Gasteiger partial charge is 0.0967 e. The summed E-state index contributed by atoms with van der Waals surface area (Å²) in [6, 6.07) is 0. The van der Waals surface area contributed by atoms with Crippen molar-refractivity contribution in [1.82, 2.24) is 0 Å². The predicted molar refractivity (Wildman–Crippen MR) is 67.0 cm³/mol. The Labute approximate surface area is 90.5 Å². The molecule has 0 saturated heterocycles. The van der Waals surface area contributed by atoms with Crippen molar-refractivity contribution >= 4 is 14.1 Å². The molecule has 13 heavy (non-hydrogen) atoms. The molecule has 0 nitrogen and oxygen atoms in total. The van der Waals surface area contributed by atoms with Crippen molar-refractivity contribution < 1.29 is 0 Å². The van der Waals surface area contributed by atoms with Crippen LogP contribution in [0.5, 0.6) is 0 Å². The van der Waals surface area contributed by atoms with Crippen LogP contribution in [0.2, 0.25) is 15.8 Å². The normalized spacial score (nSPS) is 9.00. The van der Waals surface area contributed by atoms with Crippen LogP contribution in [0.4, 0.5) is 0 Å². The molecule has 80 valence electrons. The molecule has 0 bridgehead atoms. The van der Waals surface area contributed by atoms with Gasteiger partial charge in [-0.15, -0.1) is 0 Å². The molecule has 0 aliphatic carbocycles. The van der Waals surface area contributed by atoms with Gasteiger partial charge < -0.3 is 0 Å². The van der Waals surface area contributed by atoms with Crippen LogP contribution >= 0.6 is 0 Å². The molecular formula is C12H29Al. The summed E-state index contributed by atoms with van der Waals surface area (Å²) in [5.41, 5.74) is 0. The van der Waals surface area contributed by atoms with Crippen LogP contribution in [0, 0.1) is 0 Å². The van der Waals surface area contributed by atoms with E-state index in [2.05, 4.69) is 34.6 Å². The van der Waals surface area contributed by atoms with Crippen molar-refractivity contribution in [3.05, 3.63) is 0 Å². The number of unbranched alkanes of at least 4 members (excludes halogenated alkanes) is 3. The Morgan fingerprint density at radius 2 is 0.923 bits per heavy atom. The summed E-state index contributed by atoms with van der Waals surface area (Å²) >= 11 is -0.171. The lowest BCUT2D eigenvalue weighted by Gasteiger charge is -1.97. The van der Waals surface area contributed by atoms with Crippen molar-refractivity contribution in [3.8, 4) is 0 Å². The maximum atomic E-state index is 2.32. The van der Waals surface area contributed by atoms with Crippen molar-refractivity contribution in [1.29, 1.82) is 0 Å². The van der Waals surface area contributed by atoms with Gasteiger partial charge in [-0.25, -0.2) is 0 Å². The van der Waals surface area contributed by atoms with Gasteiger partial charge in [0.15, 0.2) is 0 Å². The predicted octanol–water partition coefficient (Wildman–Crippen LogP) is 5.13. The van der Waals surface area contributed by atoms with E-state index in [1.165, 1.54) is 41.5 Å². The van der Waals surface area contributed by atoms with E-state index >= 15 is 0 Å². The molecule has 0 aliphatic heterocycles. The highest BCUT2D eigenvalue weighted by molar-refractivity contribution is 6.58. The summed E-state index contributed by atoms with van der Waals surface area (Å²) in [5, 5.41) is 4.48. The van der Waals surface area contributed by atoms with Gasteiger partial charge in [-0.2, -0.15) is 0 Å². The van der Waals surface area contributed by atoms with Crippen molar-refractivity contribution in [2.24, 2.45) is 0 Å². The van der Waals surface area contributed by atoms with Gasteiger partial charge in [-0.1, -0.05) is 76.2 Å². The Hall–Kier alpha value is 0.532. The molecule has 0 aromatic carbocycles. The first-order valence-corrected chi connectivity index (χ1v) is 8.71. The average molecular weight is 200 g/mol. The molecule has 0 saturated carbocycles. The van der Waals surface area contributed by atoms with Gasteiger partial charge in [0.05, 0.1) is 0 Å². The highest BCUT2D eigenvalue weighted by Crippen LogP contribution is 2.01. The first-order valence-electron chi connectivity index (χ1n) is 6.26. The number of hydrogen-bond acceptors (Lipinski definition) is 0. The summed E-state index contributed by atoms with van der Waals surface area (Å²) in [5.74, 6) is 0. The third kappa shape index (κ3) is 15.3. The van der Waals surface area contributed by atoms with Crippen LogP contribution in [-0.2, 0) is 0 Å². The van der Waals surface area contributed by atoms with E-state index in [1.54, 1.807) is 0 Å². The summed E-state index contributed by atoms with van der Waals surface area (Å²) in [7, 11) is 0. The van der Waals surface area contributed by atoms with E-state index in [9.17, 15) is 0 Å². The third-order valence-electron chi connectivity index (χ3n) is 2.69. The number of rotatable bonds is 6. The summed E-state index contributed by atoms with van der Waals surface area (Å²) in [6.07, 6.45) is 5.54. The standard InChI is InChI=1S/C6H14.3C2H5.Al/c1-3-5-6-4-2;3*1-2;/h3-6H2,1-2H3;3*1H2,2H3;. The van der Waals surface area contributed by atoms with Crippen LogP contribution < -0.4 is 0 Å². The monoisotopic (exact) mass is 200 g/mol. The molecule has 0 N–H and O–H groups in total. The molecule has 0 heterocycles. The van der Waals surface area contributed by atoms with Crippen molar-refractivity contribution in [2.45, 2.75) is 76.2 Å². The van der Waals surface area contributed by atoms with E-state index < -0.39 is 0 Å². The second kappa shape index (κ2) is 15.0. The lowest BCUT2D eigenvalue weighted by molar-refractivity contribution is 0.702. The minimum absolute atomic E-state index is 0.171. The minimum Gasteiger partial charge on any atom is -0.0967 e. The van der Waals surface area contributed by atoms with Gasteiger partial charge in [-0.05, 0) is 0 Å². The molecule has 0 aromatic rings. The molecule has 0 radical (unpaired) electrons. The fourth-order valence-corrected chi connectivity index (χ4v) is 3.10. The maximum absolute atomic E-state index is 2.32. The van der Waals surface area contributed by atoms with E-state index in [4.69, 9.17) is 0 Å². The molecule has 0 amide bonds. The van der Waals surface area contributed by atoms with Crippen LogP contribution in [0.15, 0.2) is 0 Å². The Balaban J connectivity index is 0. The fourth-order valence-electron chi connectivity index (χ4n) is 1.37.